The SMILES string of the molecule is CN(c1ccccc1)c1ncnc(C(CC2CCNCC2)OC=O)c1[N+](=O)[O-]. The van der Waals surface area contributed by atoms with E-state index in [2.05, 4.69) is 15.3 Å². The highest BCUT2D eigenvalue weighted by molar-refractivity contribution is 5.69. The van der Waals surface area contributed by atoms with Gasteiger partial charge < -0.3 is 15.0 Å². The predicted molar refractivity (Wildman–Crippen MR) is 103 cm³/mol. The Bertz CT molecular complexity index is 811. The molecule has 2 heterocycles. The monoisotopic (exact) mass is 385 g/mol. The van der Waals surface area contributed by atoms with Crippen molar-refractivity contribution in [1.82, 2.24) is 15.3 Å². The largest absolute Gasteiger partial charge is 0.458 e. The summed E-state index contributed by atoms with van der Waals surface area (Å²) in [7, 11) is 1.71. The van der Waals surface area contributed by atoms with Crippen LogP contribution in [0.2, 0.25) is 0 Å². The van der Waals surface area contributed by atoms with Gasteiger partial charge in [0, 0.05) is 12.7 Å². The van der Waals surface area contributed by atoms with Crippen LogP contribution in [0.4, 0.5) is 17.2 Å². The van der Waals surface area contributed by atoms with Gasteiger partial charge in [0.05, 0.1) is 4.92 Å². The molecule has 1 aromatic heterocycles. The van der Waals surface area contributed by atoms with Crippen LogP contribution in [0.15, 0.2) is 36.7 Å². The van der Waals surface area contributed by atoms with Crippen LogP contribution < -0.4 is 10.2 Å². The van der Waals surface area contributed by atoms with E-state index in [9.17, 15) is 14.9 Å². The summed E-state index contributed by atoms with van der Waals surface area (Å²) in [5.41, 5.74) is 0.638. The standard InChI is InChI=1S/C19H23N5O4/c1-23(15-5-3-2-4-6-15)19-18(24(26)27)17(21-12-22-19)16(28-13-25)11-14-7-9-20-10-8-14/h2-6,12-14,16,20H,7-11H2,1H3. The van der Waals surface area contributed by atoms with Crippen LogP contribution in [-0.4, -0.2) is 41.5 Å². The van der Waals surface area contributed by atoms with Gasteiger partial charge in [-0.25, -0.2) is 9.97 Å². The van der Waals surface area contributed by atoms with Gasteiger partial charge in [-0.05, 0) is 50.4 Å². The van der Waals surface area contributed by atoms with Crippen molar-refractivity contribution in [2.24, 2.45) is 5.92 Å². The molecule has 0 amide bonds. The molecule has 1 aromatic carbocycles. The number of nitro groups is 1. The molecule has 9 nitrogen and oxygen atoms in total. The number of aromatic nitrogens is 2. The normalized spacial score (nSPS) is 15.6. The summed E-state index contributed by atoms with van der Waals surface area (Å²) in [6, 6.07) is 9.22. The van der Waals surface area contributed by atoms with E-state index in [1.54, 1.807) is 11.9 Å². The van der Waals surface area contributed by atoms with Gasteiger partial charge in [-0.3, -0.25) is 14.9 Å². The van der Waals surface area contributed by atoms with Crippen molar-refractivity contribution in [2.45, 2.75) is 25.4 Å². The number of nitrogens with one attached hydrogen (secondary N) is 1. The Hall–Kier alpha value is -3.07. The number of nitrogens with zero attached hydrogens (tertiary/aromatic N) is 4. The molecule has 0 spiro atoms. The van der Waals surface area contributed by atoms with Gasteiger partial charge in [-0.2, -0.15) is 0 Å². The number of piperidine rings is 1. The van der Waals surface area contributed by atoms with Crippen LogP contribution in [0.5, 0.6) is 0 Å². The maximum absolute atomic E-state index is 11.9. The summed E-state index contributed by atoms with van der Waals surface area (Å²) in [5, 5.41) is 15.2. The van der Waals surface area contributed by atoms with Crippen molar-refractivity contribution >= 4 is 23.7 Å². The third kappa shape index (κ3) is 4.42. The molecular formula is C19H23N5O4. The number of ether oxygens (including phenoxy) is 1. The van der Waals surface area contributed by atoms with Crippen molar-refractivity contribution in [3.8, 4) is 0 Å². The Labute approximate surface area is 162 Å². The zero-order valence-corrected chi connectivity index (χ0v) is 15.7. The fourth-order valence-electron chi connectivity index (χ4n) is 3.53. The summed E-state index contributed by atoms with van der Waals surface area (Å²) in [6.07, 6.45) is 2.84. The molecule has 9 heteroatoms. The Balaban J connectivity index is 1.98. The van der Waals surface area contributed by atoms with Crippen molar-refractivity contribution < 1.29 is 14.5 Å². The van der Waals surface area contributed by atoms with E-state index in [0.717, 1.165) is 31.6 Å². The second-order valence-corrected chi connectivity index (χ2v) is 6.73. The summed E-state index contributed by atoms with van der Waals surface area (Å²) >= 11 is 0. The average Bonchev–Trinajstić information content (AvgIpc) is 2.73. The zero-order chi connectivity index (χ0) is 19.9. The minimum atomic E-state index is -0.785. The van der Waals surface area contributed by atoms with E-state index >= 15 is 0 Å². The molecule has 148 valence electrons. The fraction of sp³-hybridized carbons (Fsp3) is 0.421. The Morgan fingerprint density at radius 2 is 2.04 bits per heavy atom. The number of rotatable bonds is 8. The van der Waals surface area contributed by atoms with Crippen LogP contribution in [0.3, 0.4) is 0 Å². The lowest BCUT2D eigenvalue weighted by atomic mass is 9.90. The summed E-state index contributed by atoms with van der Waals surface area (Å²) < 4.78 is 5.25. The number of carbonyl (C=O) groups is 1. The zero-order valence-electron chi connectivity index (χ0n) is 15.7. The summed E-state index contributed by atoms with van der Waals surface area (Å²) in [5.74, 6) is 0.460. The number of para-hydroxylation sites is 1. The van der Waals surface area contributed by atoms with E-state index < -0.39 is 11.0 Å². The Morgan fingerprint density at radius 1 is 1.32 bits per heavy atom. The maximum atomic E-state index is 11.9. The molecular weight excluding hydrogens is 362 g/mol. The average molecular weight is 385 g/mol. The smallest absolute Gasteiger partial charge is 0.337 e. The first kappa shape index (κ1) is 19.7. The molecule has 1 fully saturated rings. The lowest BCUT2D eigenvalue weighted by Crippen LogP contribution is -2.29. The number of anilines is 2. The van der Waals surface area contributed by atoms with Gasteiger partial charge in [0.1, 0.15) is 6.33 Å². The third-order valence-electron chi connectivity index (χ3n) is 5.01. The van der Waals surface area contributed by atoms with Gasteiger partial charge in [0.25, 0.3) is 6.47 Å². The Morgan fingerprint density at radius 3 is 2.68 bits per heavy atom. The van der Waals surface area contributed by atoms with Crippen molar-refractivity contribution in [3.05, 3.63) is 52.5 Å². The topological polar surface area (TPSA) is 110 Å². The van der Waals surface area contributed by atoms with Gasteiger partial charge in [-0.15, -0.1) is 0 Å². The number of hydrogen-bond donors (Lipinski definition) is 1. The van der Waals surface area contributed by atoms with Gasteiger partial charge in [0.15, 0.2) is 11.8 Å². The quantitative estimate of drug-likeness (QED) is 0.419. The highest BCUT2D eigenvalue weighted by Gasteiger charge is 2.33. The second kappa shape index (κ2) is 9.23. The van der Waals surface area contributed by atoms with Crippen LogP contribution in [-0.2, 0) is 9.53 Å². The maximum Gasteiger partial charge on any atom is 0.337 e. The molecule has 1 saturated heterocycles. The van der Waals surface area contributed by atoms with Crippen LogP contribution >= 0.6 is 0 Å². The summed E-state index contributed by atoms with van der Waals surface area (Å²) in [4.78, 5) is 32.4. The minimum Gasteiger partial charge on any atom is -0.458 e. The van der Waals surface area contributed by atoms with E-state index in [1.807, 2.05) is 30.3 Å². The molecule has 28 heavy (non-hydrogen) atoms. The molecule has 0 bridgehead atoms. The van der Waals surface area contributed by atoms with E-state index in [4.69, 9.17) is 4.74 Å². The predicted octanol–water partition coefficient (Wildman–Crippen LogP) is 2.76. The first-order valence-corrected chi connectivity index (χ1v) is 9.19. The van der Waals surface area contributed by atoms with Crippen molar-refractivity contribution in [2.75, 3.05) is 25.0 Å². The first-order chi connectivity index (χ1) is 13.6. The molecule has 0 radical (unpaired) electrons. The number of benzene rings is 1. The molecule has 0 aliphatic carbocycles. The lowest BCUT2D eigenvalue weighted by Gasteiger charge is -2.26. The van der Waals surface area contributed by atoms with Crippen molar-refractivity contribution in [1.29, 1.82) is 0 Å². The number of carbonyl (C=O) groups excluding carboxylic acids is 1. The Kier molecular flexibility index (Phi) is 6.49. The highest BCUT2D eigenvalue weighted by atomic mass is 16.6. The molecule has 1 aliphatic rings. The molecule has 0 saturated carbocycles. The lowest BCUT2D eigenvalue weighted by molar-refractivity contribution is -0.385. The second-order valence-electron chi connectivity index (χ2n) is 6.73. The van der Waals surface area contributed by atoms with E-state index in [0.29, 0.717) is 18.8 Å². The van der Waals surface area contributed by atoms with E-state index in [-0.39, 0.29) is 17.2 Å². The third-order valence-corrected chi connectivity index (χ3v) is 5.01. The van der Waals surface area contributed by atoms with Crippen LogP contribution in [0, 0.1) is 16.0 Å². The molecule has 2 aromatic rings. The summed E-state index contributed by atoms with van der Waals surface area (Å²) in [6.45, 7) is 2.09. The minimum absolute atomic E-state index is 0.128. The van der Waals surface area contributed by atoms with Crippen LogP contribution in [0.1, 0.15) is 31.1 Å². The van der Waals surface area contributed by atoms with Gasteiger partial charge >= 0.3 is 5.69 Å². The molecule has 1 aliphatic heterocycles. The molecule has 1 atom stereocenters. The van der Waals surface area contributed by atoms with Gasteiger partial charge in [-0.1, -0.05) is 18.2 Å². The van der Waals surface area contributed by atoms with Crippen molar-refractivity contribution in [3.63, 3.8) is 0 Å². The molecule has 3 rings (SSSR count). The molecule has 1 unspecified atom stereocenters. The van der Waals surface area contributed by atoms with Gasteiger partial charge in [0.2, 0.25) is 5.82 Å². The number of hydrogen-bond acceptors (Lipinski definition) is 8. The molecule has 1 N–H and O–H groups in total. The van der Waals surface area contributed by atoms with Crippen LogP contribution in [0.25, 0.3) is 0 Å². The fourth-order valence-corrected chi connectivity index (χ4v) is 3.53. The highest BCUT2D eigenvalue weighted by Crippen LogP contribution is 2.38. The van der Waals surface area contributed by atoms with E-state index in [1.165, 1.54) is 6.33 Å². The first-order valence-electron chi connectivity index (χ1n) is 9.19.